The van der Waals surface area contributed by atoms with Gasteiger partial charge in [-0.3, -0.25) is 14.9 Å². The van der Waals surface area contributed by atoms with Crippen molar-refractivity contribution in [2.24, 2.45) is 0 Å². The van der Waals surface area contributed by atoms with Crippen LogP contribution in [0.4, 0.5) is 10.1 Å². The van der Waals surface area contributed by atoms with Crippen LogP contribution in [0.25, 0.3) is 0 Å². The van der Waals surface area contributed by atoms with Gasteiger partial charge in [-0.25, -0.2) is 4.39 Å². The van der Waals surface area contributed by atoms with E-state index < -0.39 is 11.7 Å². The van der Waals surface area contributed by atoms with E-state index in [1.807, 2.05) is 6.92 Å². The second kappa shape index (κ2) is 6.27. The molecule has 23 heavy (non-hydrogen) atoms. The van der Waals surface area contributed by atoms with Crippen LogP contribution in [-0.4, -0.2) is 21.1 Å². The highest BCUT2D eigenvalue weighted by Gasteiger charge is 2.11. The molecule has 2 N–H and O–H groups in total. The van der Waals surface area contributed by atoms with Gasteiger partial charge in [0.2, 0.25) is 5.88 Å². The van der Waals surface area contributed by atoms with Crippen molar-refractivity contribution >= 4 is 11.6 Å². The Balaban J connectivity index is 1.68. The minimum absolute atomic E-state index is 0.0627. The molecule has 2 aromatic heterocycles. The van der Waals surface area contributed by atoms with Crippen molar-refractivity contribution in [3.63, 3.8) is 0 Å². The Morgan fingerprint density at radius 2 is 2.04 bits per heavy atom. The summed E-state index contributed by atoms with van der Waals surface area (Å²) in [5.74, 6) is -0.178. The van der Waals surface area contributed by atoms with Gasteiger partial charge in [-0.05, 0) is 37.3 Å². The minimum Gasteiger partial charge on any atom is -0.438 e. The van der Waals surface area contributed by atoms with Crippen LogP contribution in [0.5, 0.6) is 11.6 Å². The van der Waals surface area contributed by atoms with Crippen LogP contribution >= 0.6 is 0 Å². The molecule has 3 rings (SSSR count). The summed E-state index contributed by atoms with van der Waals surface area (Å²) in [5.41, 5.74) is 1.35. The van der Waals surface area contributed by atoms with Gasteiger partial charge < -0.3 is 10.1 Å². The maximum absolute atomic E-state index is 13.5. The standard InChI is InChI=1S/C16H13FN4O2/c1-10-8-15(21-20-10)23-12-4-2-11(3-5-12)19-16(22)13-6-7-18-9-14(13)17/h2-9H,1H3,(H,19,22)(H,20,21). The molecule has 0 aliphatic rings. The van der Waals surface area contributed by atoms with Gasteiger partial charge >= 0.3 is 0 Å². The topological polar surface area (TPSA) is 79.9 Å². The highest BCUT2D eigenvalue weighted by molar-refractivity contribution is 6.04. The molecular formula is C16H13FN4O2. The van der Waals surface area contributed by atoms with Gasteiger partial charge in [0.05, 0.1) is 11.8 Å². The van der Waals surface area contributed by atoms with Gasteiger partial charge in [0.1, 0.15) is 5.75 Å². The molecule has 0 aliphatic carbocycles. The lowest BCUT2D eigenvalue weighted by Crippen LogP contribution is -2.13. The van der Waals surface area contributed by atoms with E-state index in [4.69, 9.17) is 4.74 Å². The molecule has 0 atom stereocenters. The van der Waals surface area contributed by atoms with E-state index in [0.29, 0.717) is 17.3 Å². The third kappa shape index (κ3) is 3.52. The number of nitrogens with one attached hydrogen (secondary N) is 2. The Morgan fingerprint density at radius 1 is 1.26 bits per heavy atom. The number of H-pyrrole nitrogens is 1. The van der Waals surface area contributed by atoms with E-state index in [2.05, 4.69) is 20.5 Å². The zero-order valence-corrected chi connectivity index (χ0v) is 12.2. The Kier molecular flexibility index (Phi) is 4.01. The number of amides is 1. The average molecular weight is 312 g/mol. The van der Waals surface area contributed by atoms with Gasteiger partial charge in [0.15, 0.2) is 5.82 Å². The Labute approximate surface area is 131 Å². The normalized spacial score (nSPS) is 10.3. The molecule has 1 aromatic carbocycles. The van der Waals surface area contributed by atoms with Crippen LogP contribution < -0.4 is 10.1 Å². The molecule has 116 valence electrons. The van der Waals surface area contributed by atoms with Crippen molar-refractivity contribution in [3.8, 4) is 11.6 Å². The van der Waals surface area contributed by atoms with Crippen LogP contribution in [-0.2, 0) is 0 Å². The number of hydrogen-bond donors (Lipinski definition) is 2. The smallest absolute Gasteiger partial charge is 0.258 e. The van der Waals surface area contributed by atoms with E-state index in [0.717, 1.165) is 11.9 Å². The number of halogens is 1. The summed E-state index contributed by atoms with van der Waals surface area (Å²) in [5, 5.41) is 9.35. The summed E-state index contributed by atoms with van der Waals surface area (Å²) >= 11 is 0. The Bertz CT molecular complexity index is 830. The maximum Gasteiger partial charge on any atom is 0.258 e. The summed E-state index contributed by atoms with van der Waals surface area (Å²) in [6.07, 6.45) is 2.36. The summed E-state index contributed by atoms with van der Waals surface area (Å²) < 4.78 is 19.0. The first-order chi connectivity index (χ1) is 11.1. The monoisotopic (exact) mass is 312 g/mol. The quantitative estimate of drug-likeness (QED) is 0.774. The van der Waals surface area contributed by atoms with Crippen molar-refractivity contribution < 1.29 is 13.9 Å². The first kappa shape index (κ1) is 14.7. The van der Waals surface area contributed by atoms with Crippen molar-refractivity contribution in [1.29, 1.82) is 0 Å². The fourth-order valence-electron chi connectivity index (χ4n) is 1.93. The first-order valence-corrected chi connectivity index (χ1v) is 6.82. The van der Waals surface area contributed by atoms with Gasteiger partial charge in [0, 0.05) is 23.6 Å². The zero-order chi connectivity index (χ0) is 16.2. The Hall–Kier alpha value is -3.22. The highest BCUT2D eigenvalue weighted by Crippen LogP contribution is 2.22. The van der Waals surface area contributed by atoms with Crippen LogP contribution in [0.1, 0.15) is 16.1 Å². The van der Waals surface area contributed by atoms with Gasteiger partial charge in [-0.15, -0.1) is 5.10 Å². The number of hydrogen-bond acceptors (Lipinski definition) is 4. The number of carbonyl (C=O) groups excluding carboxylic acids is 1. The summed E-state index contributed by atoms with van der Waals surface area (Å²) in [6, 6.07) is 9.77. The minimum atomic E-state index is -0.668. The molecule has 1 amide bonds. The molecule has 0 saturated carbocycles. The van der Waals surface area contributed by atoms with Gasteiger partial charge in [-0.2, -0.15) is 0 Å². The average Bonchev–Trinajstić information content (AvgIpc) is 2.95. The molecule has 6 nitrogen and oxygen atoms in total. The van der Waals surface area contributed by atoms with Crippen molar-refractivity contribution in [2.45, 2.75) is 6.92 Å². The van der Waals surface area contributed by atoms with Crippen LogP contribution in [0.2, 0.25) is 0 Å². The molecule has 0 saturated heterocycles. The Morgan fingerprint density at radius 3 is 2.70 bits per heavy atom. The fraction of sp³-hybridized carbons (Fsp3) is 0.0625. The molecule has 0 fully saturated rings. The second-order valence-corrected chi connectivity index (χ2v) is 4.83. The SMILES string of the molecule is Cc1cc(Oc2ccc(NC(=O)c3ccncc3F)cc2)n[nH]1. The van der Waals surface area contributed by atoms with Crippen LogP contribution in [0.15, 0.2) is 48.8 Å². The van der Waals surface area contributed by atoms with Crippen molar-refractivity contribution in [2.75, 3.05) is 5.32 Å². The number of benzene rings is 1. The van der Waals surface area contributed by atoms with E-state index in [1.54, 1.807) is 30.3 Å². The predicted molar refractivity (Wildman–Crippen MR) is 82.0 cm³/mol. The largest absolute Gasteiger partial charge is 0.438 e. The zero-order valence-electron chi connectivity index (χ0n) is 12.2. The number of rotatable bonds is 4. The molecule has 0 unspecified atom stereocenters. The first-order valence-electron chi connectivity index (χ1n) is 6.82. The van der Waals surface area contributed by atoms with E-state index in [-0.39, 0.29) is 5.56 Å². The number of nitrogens with zero attached hydrogens (tertiary/aromatic N) is 2. The van der Waals surface area contributed by atoms with Crippen LogP contribution in [0.3, 0.4) is 0 Å². The summed E-state index contributed by atoms with van der Waals surface area (Å²) in [4.78, 5) is 15.6. The van der Waals surface area contributed by atoms with Crippen LogP contribution in [0, 0.1) is 12.7 Å². The van der Waals surface area contributed by atoms with Gasteiger partial charge in [-0.1, -0.05) is 0 Å². The summed E-state index contributed by atoms with van der Waals surface area (Å²) in [7, 11) is 0. The summed E-state index contributed by atoms with van der Waals surface area (Å²) in [6.45, 7) is 1.87. The molecule has 0 aliphatic heterocycles. The number of anilines is 1. The number of ether oxygens (including phenoxy) is 1. The number of aromatic nitrogens is 3. The van der Waals surface area contributed by atoms with Crippen molar-refractivity contribution in [1.82, 2.24) is 15.2 Å². The highest BCUT2D eigenvalue weighted by atomic mass is 19.1. The second-order valence-electron chi connectivity index (χ2n) is 4.83. The lowest BCUT2D eigenvalue weighted by Gasteiger charge is -2.07. The number of carbonyl (C=O) groups is 1. The third-order valence-electron chi connectivity index (χ3n) is 3.03. The van der Waals surface area contributed by atoms with E-state index in [9.17, 15) is 9.18 Å². The molecule has 7 heteroatoms. The van der Waals surface area contributed by atoms with E-state index in [1.165, 1.54) is 12.3 Å². The predicted octanol–water partition coefficient (Wildman–Crippen LogP) is 3.30. The molecule has 0 radical (unpaired) electrons. The van der Waals surface area contributed by atoms with E-state index >= 15 is 0 Å². The van der Waals surface area contributed by atoms with Gasteiger partial charge in [0.25, 0.3) is 5.91 Å². The molecule has 0 spiro atoms. The third-order valence-corrected chi connectivity index (χ3v) is 3.03. The molecule has 2 heterocycles. The number of aromatic amines is 1. The molecule has 0 bridgehead atoms. The number of aryl methyl sites for hydroxylation is 1. The van der Waals surface area contributed by atoms with Crippen molar-refractivity contribution in [3.05, 3.63) is 65.9 Å². The molecular weight excluding hydrogens is 299 g/mol. The lowest BCUT2D eigenvalue weighted by molar-refractivity contribution is 0.102. The maximum atomic E-state index is 13.5. The lowest BCUT2D eigenvalue weighted by atomic mass is 10.2. The molecule has 3 aromatic rings. The fourth-order valence-corrected chi connectivity index (χ4v) is 1.93. The number of pyridine rings is 1.